The summed E-state index contributed by atoms with van der Waals surface area (Å²) in [6.45, 7) is 2.01. The lowest BCUT2D eigenvalue weighted by Crippen LogP contribution is -1.95. The van der Waals surface area contributed by atoms with Gasteiger partial charge < -0.3 is 11.1 Å². The second-order valence-electron chi connectivity index (χ2n) is 3.82. The number of benzene rings is 2. The number of anilines is 3. The molecule has 0 unspecified atom stereocenters. The van der Waals surface area contributed by atoms with Crippen LogP contribution in [0, 0.1) is 6.92 Å². The van der Waals surface area contributed by atoms with Gasteiger partial charge in [0, 0.05) is 20.9 Å². The van der Waals surface area contributed by atoms with Crippen molar-refractivity contribution >= 4 is 44.6 Å². The minimum Gasteiger partial charge on any atom is -0.399 e. The number of nitrogen functional groups attached to an aromatic ring is 1. The van der Waals surface area contributed by atoms with Crippen molar-refractivity contribution in [2.75, 3.05) is 11.1 Å². The number of rotatable bonds is 2. The van der Waals surface area contributed by atoms with Crippen LogP contribution in [0.5, 0.6) is 0 Å². The zero-order chi connectivity index (χ0) is 12.4. The standard InChI is InChI=1S/C13H12BrClN2/c1-8-6-10(16)3-5-12(8)17-13-7-9(15)2-4-11(13)14/h2-7,17H,16H2,1H3. The third-order valence-corrected chi connectivity index (χ3v) is 3.37. The van der Waals surface area contributed by atoms with E-state index in [1.165, 1.54) is 0 Å². The second kappa shape index (κ2) is 4.98. The number of nitrogens with two attached hydrogens (primary N) is 1. The zero-order valence-corrected chi connectivity index (χ0v) is 11.6. The highest BCUT2D eigenvalue weighted by atomic mass is 79.9. The number of hydrogen-bond donors (Lipinski definition) is 2. The second-order valence-corrected chi connectivity index (χ2v) is 5.11. The van der Waals surface area contributed by atoms with Crippen LogP contribution in [-0.2, 0) is 0 Å². The highest BCUT2D eigenvalue weighted by molar-refractivity contribution is 9.10. The van der Waals surface area contributed by atoms with E-state index in [1.54, 1.807) is 0 Å². The van der Waals surface area contributed by atoms with E-state index in [4.69, 9.17) is 17.3 Å². The number of halogens is 2. The van der Waals surface area contributed by atoms with Gasteiger partial charge in [0.2, 0.25) is 0 Å². The molecule has 0 atom stereocenters. The van der Waals surface area contributed by atoms with Gasteiger partial charge in [-0.25, -0.2) is 0 Å². The molecule has 17 heavy (non-hydrogen) atoms. The summed E-state index contributed by atoms with van der Waals surface area (Å²) >= 11 is 9.45. The first kappa shape index (κ1) is 12.3. The van der Waals surface area contributed by atoms with Crippen LogP contribution in [0.4, 0.5) is 17.1 Å². The topological polar surface area (TPSA) is 38.0 Å². The van der Waals surface area contributed by atoms with Crippen molar-refractivity contribution < 1.29 is 0 Å². The molecule has 0 heterocycles. The zero-order valence-electron chi connectivity index (χ0n) is 9.30. The van der Waals surface area contributed by atoms with Gasteiger partial charge in [-0.3, -0.25) is 0 Å². The Morgan fingerprint density at radius 3 is 2.59 bits per heavy atom. The molecular weight excluding hydrogens is 300 g/mol. The summed E-state index contributed by atoms with van der Waals surface area (Å²) in [4.78, 5) is 0. The van der Waals surface area contributed by atoms with Crippen LogP contribution >= 0.6 is 27.5 Å². The molecule has 2 aromatic carbocycles. The molecule has 2 nitrogen and oxygen atoms in total. The van der Waals surface area contributed by atoms with Crippen LogP contribution in [0.2, 0.25) is 5.02 Å². The van der Waals surface area contributed by atoms with Crippen LogP contribution in [0.25, 0.3) is 0 Å². The summed E-state index contributed by atoms with van der Waals surface area (Å²) < 4.78 is 0.970. The summed E-state index contributed by atoms with van der Waals surface area (Å²) in [6.07, 6.45) is 0. The Balaban J connectivity index is 2.34. The molecule has 0 aliphatic rings. The Labute approximate surface area is 114 Å². The fourth-order valence-electron chi connectivity index (χ4n) is 1.57. The first-order valence-corrected chi connectivity index (χ1v) is 6.31. The van der Waals surface area contributed by atoms with Gasteiger partial charge in [0.25, 0.3) is 0 Å². The molecule has 0 aromatic heterocycles. The van der Waals surface area contributed by atoms with Crippen LogP contribution in [0.1, 0.15) is 5.56 Å². The van der Waals surface area contributed by atoms with E-state index in [0.29, 0.717) is 5.02 Å². The Kier molecular flexibility index (Phi) is 3.60. The van der Waals surface area contributed by atoms with Gasteiger partial charge >= 0.3 is 0 Å². The number of nitrogens with one attached hydrogen (secondary N) is 1. The maximum Gasteiger partial charge on any atom is 0.0543 e. The van der Waals surface area contributed by atoms with E-state index >= 15 is 0 Å². The average Bonchev–Trinajstić information content (AvgIpc) is 2.27. The van der Waals surface area contributed by atoms with Crippen LogP contribution in [0.3, 0.4) is 0 Å². The van der Waals surface area contributed by atoms with Crippen molar-refractivity contribution in [3.8, 4) is 0 Å². The third kappa shape index (κ3) is 2.93. The molecule has 3 N–H and O–H groups in total. The largest absolute Gasteiger partial charge is 0.399 e. The van der Waals surface area contributed by atoms with E-state index < -0.39 is 0 Å². The van der Waals surface area contributed by atoms with Gasteiger partial charge in [-0.15, -0.1) is 0 Å². The number of hydrogen-bond acceptors (Lipinski definition) is 2. The lowest BCUT2D eigenvalue weighted by molar-refractivity contribution is 1.42. The fraction of sp³-hybridized carbons (Fsp3) is 0.0769. The molecule has 0 aliphatic carbocycles. The molecule has 0 amide bonds. The molecule has 4 heteroatoms. The van der Waals surface area contributed by atoms with Crippen molar-refractivity contribution in [1.29, 1.82) is 0 Å². The maximum absolute atomic E-state index is 5.97. The molecular formula is C13H12BrClN2. The van der Waals surface area contributed by atoms with Crippen molar-refractivity contribution in [3.63, 3.8) is 0 Å². The Morgan fingerprint density at radius 1 is 1.12 bits per heavy atom. The van der Waals surface area contributed by atoms with Gasteiger partial charge in [0.05, 0.1) is 5.69 Å². The minimum atomic E-state index is 0.698. The summed E-state index contributed by atoms with van der Waals surface area (Å²) in [5.74, 6) is 0. The molecule has 0 saturated heterocycles. The van der Waals surface area contributed by atoms with Gasteiger partial charge in [0.1, 0.15) is 0 Å². The summed E-state index contributed by atoms with van der Waals surface area (Å²) in [7, 11) is 0. The number of aryl methyl sites for hydroxylation is 1. The molecule has 0 saturated carbocycles. The molecule has 0 radical (unpaired) electrons. The first-order valence-electron chi connectivity index (χ1n) is 5.14. The van der Waals surface area contributed by atoms with Gasteiger partial charge in [-0.05, 0) is 64.8 Å². The average molecular weight is 312 g/mol. The van der Waals surface area contributed by atoms with E-state index in [-0.39, 0.29) is 0 Å². The molecule has 88 valence electrons. The molecule has 2 rings (SSSR count). The molecule has 0 spiro atoms. The minimum absolute atomic E-state index is 0.698. The van der Waals surface area contributed by atoms with E-state index in [2.05, 4.69) is 21.2 Å². The lowest BCUT2D eigenvalue weighted by atomic mass is 10.1. The van der Waals surface area contributed by atoms with Crippen LogP contribution < -0.4 is 11.1 Å². The normalized spacial score (nSPS) is 10.3. The summed E-state index contributed by atoms with van der Waals surface area (Å²) in [5.41, 5.74) is 9.52. The predicted octanol–water partition coefficient (Wildman–Crippen LogP) is 4.74. The SMILES string of the molecule is Cc1cc(N)ccc1Nc1cc(Cl)ccc1Br. The quantitative estimate of drug-likeness (QED) is 0.786. The van der Waals surface area contributed by atoms with Crippen molar-refractivity contribution in [2.24, 2.45) is 0 Å². The van der Waals surface area contributed by atoms with E-state index in [9.17, 15) is 0 Å². The molecule has 0 aliphatic heterocycles. The smallest absolute Gasteiger partial charge is 0.0543 e. The fourth-order valence-corrected chi connectivity index (χ4v) is 2.08. The third-order valence-electron chi connectivity index (χ3n) is 2.45. The van der Waals surface area contributed by atoms with Gasteiger partial charge in [0.15, 0.2) is 0 Å². The van der Waals surface area contributed by atoms with Crippen LogP contribution in [0.15, 0.2) is 40.9 Å². The first-order chi connectivity index (χ1) is 8.06. The van der Waals surface area contributed by atoms with Gasteiger partial charge in [-0.2, -0.15) is 0 Å². The lowest BCUT2D eigenvalue weighted by Gasteiger charge is -2.12. The van der Waals surface area contributed by atoms with Crippen molar-refractivity contribution in [1.82, 2.24) is 0 Å². The highest BCUT2D eigenvalue weighted by Gasteiger charge is 2.03. The maximum atomic E-state index is 5.97. The van der Waals surface area contributed by atoms with E-state index in [0.717, 1.165) is 27.1 Å². The Morgan fingerprint density at radius 2 is 1.88 bits per heavy atom. The Bertz CT molecular complexity index is 555. The van der Waals surface area contributed by atoms with Crippen LogP contribution in [-0.4, -0.2) is 0 Å². The van der Waals surface area contributed by atoms with Crippen molar-refractivity contribution in [3.05, 3.63) is 51.5 Å². The monoisotopic (exact) mass is 310 g/mol. The van der Waals surface area contributed by atoms with Crippen molar-refractivity contribution in [2.45, 2.75) is 6.92 Å². The molecule has 2 aromatic rings. The predicted molar refractivity (Wildman–Crippen MR) is 78.0 cm³/mol. The summed E-state index contributed by atoms with van der Waals surface area (Å²) in [6, 6.07) is 11.4. The van der Waals surface area contributed by atoms with Gasteiger partial charge in [-0.1, -0.05) is 11.6 Å². The highest BCUT2D eigenvalue weighted by Crippen LogP contribution is 2.30. The Hall–Kier alpha value is -1.19. The molecule has 0 fully saturated rings. The summed E-state index contributed by atoms with van der Waals surface area (Å²) in [5, 5.41) is 4.02. The van der Waals surface area contributed by atoms with E-state index in [1.807, 2.05) is 43.3 Å². The molecule has 0 bridgehead atoms.